The first-order valence-corrected chi connectivity index (χ1v) is 9.15. The minimum Gasteiger partial charge on any atom is -0.496 e. The summed E-state index contributed by atoms with van der Waals surface area (Å²) in [6.45, 7) is -0.0428. The monoisotopic (exact) mass is 406 g/mol. The second-order valence-corrected chi connectivity index (χ2v) is 6.62. The molecule has 1 aliphatic rings. The quantitative estimate of drug-likeness (QED) is 0.487. The lowest BCUT2D eigenvalue weighted by atomic mass is 10.0. The minimum absolute atomic E-state index is 0.0428. The molecule has 4 rings (SSSR count). The number of fused-ring (bicyclic) bond motifs is 1. The van der Waals surface area contributed by atoms with E-state index in [9.17, 15) is 14.9 Å². The second-order valence-electron chi connectivity index (χ2n) is 6.62. The van der Waals surface area contributed by atoms with Gasteiger partial charge in [-0.1, -0.05) is 30.3 Å². The van der Waals surface area contributed by atoms with Crippen molar-refractivity contribution >= 4 is 17.3 Å². The van der Waals surface area contributed by atoms with E-state index in [-0.39, 0.29) is 23.8 Å². The van der Waals surface area contributed by atoms with E-state index in [4.69, 9.17) is 14.2 Å². The number of rotatable bonds is 6. The van der Waals surface area contributed by atoms with Crippen LogP contribution >= 0.6 is 0 Å². The van der Waals surface area contributed by atoms with Crippen molar-refractivity contribution in [1.29, 1.82) is 0 Å². The zero-order chi connectivity index (χ0) is 21.1. The lowest BCUT2D eigenvalue weighted by Crippen LogP contribution is -2.14. The maximum atomic E-state index is 12.8. The molecule has 0 atom stereocenters. The lowest BCUT2D eigenvalue weighted by molar-refractivity contribution is -0.385. The third kappa shape index (κ3) is 3.88. The summed E-state index contributed by atoms with van der Waals surface area (Å²) in [5.41, 5.74) is 2.01. The summed E-state index contributed by atoms with van der Waals surface area (Å²) >= 11 is 0. The van der Waals surface area contributed by atoms with E-state index < -0.39 is 10.8 Å². The van der Waals surface area contributed by atoms with Crippen molar-refractivity contribution in [3.05, 3.63) is 87.5 Å². The molecule has 0 unspecified atom stereocenters. The molecular formula is C22H18N2O6. The van der Waals surface area contributed by atoms with Crippen LogP contribution in [0.5, 0.6) is 17.2 Å². The van der Waals surface area contributed by atoms with Crippen molar-refractivity contribution in [2.75, 3.05) is 19.2 Å². The van der Waals surface area contributed by atoms with Crippen molar-refractivity contribution in [2.45, 2.75) is 6.42 Å². The standard InChI is InChI=1S/C22H18N2O6/c1-28-19-8-7-16(10-15(19)9-14-5-3-2-4-6-14)23-22(25)17-11-20-21(30-13-29-20)12-18(17)24(26)27/h2-8,10-12H,9,13H2,1H3,(H,23,25). The number of anilines is 1. The summed E-state index contributed by atoms with van der Waals surface area (Å²) in [6, 6.07) is 17.6. The normalized spacial score (nSPS) is 11.8. The molecule has 0 aliphatic carbocycles. The molecule has 8 heteroatoms. The predicted molar refractivity (Wildman–Crippen MR) is 109 cm³/mol. The van der Waals surface area contributed by atoms with Gasteiger partial charge in [0.25, 0.3) is 11.6 Å². The van der Waals surface area contributed by atoms with E-state index >= 15 is 0 Å². The van der Waals surface area contributed by atoms with Gasteiger partial charge in [-0.25, -0.2) is 0 Å². The molecule has 3 aromatic rings. The number of methoxy groups -OCH3 is 1. The Morgan fingerprint density at radius 1 is 1.10 bits per heavy atom. The van der Waals surface area contributed by atoms with Crippen molar-refractivity contribution in [3.63, 3.8) is 0 Å². The molecule has 3 aromatic carbocycles. The fourth-order valence-corrected chi connectivity index (χ4v) is 3.27. The van der Waals surface area contributed by atoms with Gasteiger partial charge in [-0.2, -0.15) is 0 Å². The van der Waals surface area contributed by atoms with Crippen LogP contribution in [0.1, 0.15) is 21.5 Å². The highest BCUT2D eigenvalue weighted by molar-refractivity contribution is 6.07. The van der Waals surface area contributed by atoms with Gasteiger partial charge in [0.1, 0.15) is 11.3 Å². The molecule has 1 N–H and O–H groups in total. The Kier molecular flexibility index (Phi) is 5.21. The topological polar surface area (TPSA) is 99.9 Å². The van der Waals surface area contributed by atoms with Crippen molar-refractivity contribution in [1.82, 2.24) is 0 Å². The van der Waals surface area contributed by atoms with Gasteiger partial charge in [0, 0.05) is 23.7 Å². The van der Waals surface area contributed by atoms with Gasteiger partial charge in [0.2, 0.25) is 6.79 Å². The number of nitro benzene ring substituents is 1. The van der Waals surface area contributed by atoms with Crippen LogP contribution in [0.2, 0.25) is 0 Å². The largest absolute Gasteiger partial charge is 0.496 e. The van der Waals surface area contributed by atoms with Crippen LogP contribution in [-0.4, -0.2) is 24.7 Å². The molecule has 152 valence electrons. The maximum absolute atomic E-state index is 12.8. The molecule has 30 heavy (non-hydrogen) atoms. The van der Waals surface area contributed by atoms with E-state index in [2.05, 4.69) is 5.32 Å². The van der Waals surface area contributed by atoms with Crippen LogP contribution in [0.15, 0.2) is 60.7 Å². The fourth-order valence-electron chi connectivity index (χ4n) is 3.27. The van der Waals surface area contributed by atoms with Gasteiger partial charge in [-0.15, -0.1) is 0 Å². The van der Waals surface area contributed by atoms with Crippen molar-refractivity contribution in [3.8, 4) is 17.2 Å². The van der Waals surface area contributed by atoms with Crippen LogP contribution in [-0.2, 0) is 6.42 Å². The Labute approximate surface area is 172 Å². The SMILES string of the molecule is COc1ccc(NC(=O)c2cc3c(cc2[N+](=O)[O-])OCO3)cc1Cc1ccccc1. The highest BCUT2D eigenvalue weighted by atomic mass is 16.7. The summed E-state index contributed by atoms with van der Waals surface area (Å²) < 4.78 is 15.8. The number of hydrogen-bond acceptors (Lipinski definition) is 6. The number of benzene rings is 3. The molecule has 0 radical (unpaired) electrons. The van der Waals surface area contributed by atoms with Gasteiger partial charge in [0.05, 0.1) is 18.1 Å². The second kappa shape index (κ2) is 8.12. The smallest absolute Gasteiger partial charge is 0.286 e. The van der Waals surface area contributed by atoms with Crippen LogP contribution in [0.4, 0.5) is 11.4 Å². The summed E-state index contributed by atoms with van der Waals surface area (Å²) in [4.78, 5) is 23.6. The number of nitrogens with zero attached hydrogens (tertiary/aromatic N) is 1. The molecule has 0 saturated heterocycles. The van der Waals surface area contributed by atoms with Crippen molar-refractivity contribution < 1.29 is 23.9 Å². The average molecular weight is 406 g/mol. The Bertz CT molecular complexity index is 1110. The molecule has 0 spiro atoms. The van der Waals surface area contributed by atoms with Crippen molar-refractivity contribution in [2.24, 2.45) is 0 Å². The Balaban J connectivity index is 1.62. The Morgan fingerprint density at radius 3 is 2.53 bits per heavy atom. The summed E-state index contributed by atoms with van der Waals surface area (Å²) in [6.07, 6.45) is 0.609. The van der Waals surface area contributed by atoms with Gasteiger partial charge in [0.15, 0.2) is 11.5 Å². The number of carbonyl (C=O) groups excluding carboxylic acids is 1. The zero-order valence-electron chi connectivity index (χ0n) is 16.1. The van der Waals surface area contributed by atoms with Crippen LogP contribution < -0.4 is 19.5 Å². The molecular weight excluding hydrogens is 388 g/mol. The summed E-state index contributed by atoms with van der Waals surface area (Å²) in [7, 11) is 1.58. The summed E-state index contributed by atoms with van der Waals surface area (Å²) in [5, 5.41) is 14.2. The highest BCUT2D eigenvalue weighted by Gasteiger charge is 2.27. The van der Waals surface area contributed by atoms with Crippen LogP contribution in [0, 0.1) is 10.1 Å². The van der Waals surface area contributed by atoms with Gasteiger partial charge in [-0.3, -0.25) is 14.9 Å². The molecule has 1 heterocycles. The number of ether oxygens (including phenoxy) is 3. The molecule has 0 saturated carbocycles. The average Bonchev–Trinajstić information content (AvgIpc) is 3.21. The predicted octanol–water partition coefficient (Wildman–Crippen LogP) is 4.18. The van der Waals surface area contributed by atoms with Crippen LogP contribution in [0.3, 0.4) is 0 Å². The van der Waals surface area contributed by atoms with E-state index in [1.165, 1.54) is 12.1 Å². The number of nitro groups is 1. The first kappa shape index (κ1) is 19.3. The van der Waals surface area contributed by atoms with E-state index in [1.54, 1.807) is 25.3 Å². The highest BCUT2D eigenvalue weighted by Crippen LogP contribution is 2.38. The number of hydrogen-bond donors (Lipinski definition) is 1. The van der Waals surface area contributed by atoms with E-state index in [1.807, 2.05) is 30.3 Å². The molecule has 0 aromatic heterocycles. The number of amides is 1. The van der Waals surface area contributed by atoms with Gasteiger partial charge in [-0.05, 0) is 23.8 Å². The number of nitrogens with one attached hydrogen (secondary N) is 1. The fraction of sp³-hybridized carbons (Fsp3) is 0.136. The first-order valence-electron chi connectivity index (χ1n) is 9.15. The third-order valence-electron chi connectivity index (χ3n) is 4.71. The van der Waals surface area contributed by atoms with Crippen LogP contribution in [0.25, 0.3) is 0 Å². The molecule has 1 aliphatic heterocycles. The molecule has 8 nitrogen and oxygen atoms in total. The third-order valence-corrected chi connectivity index (χ3v) is 4.71. The van der Waals surface area contributed by atoms with E-state index in [0.717, 1.165) is 11.1 Å². The zero-order valence-corrected chi connectivity index (χ0v) is 16.1. The van der Waals surface area contributed by atoms with E-state index in [0.29, 0.717) is 23.6 Å². The van der Waals surface area contributed by atoms with Gasteiger partial charge >= 0.3 is 0 Å². The Hall–Kier alpha value is -4.07. The first-order chi connectivity index (χ1) is 14.5. The molecule has 1 amide bonds. The summed E-state index contributed by atoms with van der Waals surface area (Å²) in [5.74, 6) is 0.611. The number of carbonyl (C=O) groups is 1. The molecule has 0 bridgehead atoms. The minimum atomic E-state index is -0.619. The Morgan fingerprint density at radius 2 is 1.83 bits per heavy atom. The lowest BCUT2D eigenvalue weighted by Gasteiger charge is -2.12. The van der Waals surface area contributed by atoms with Gasteiger partial charge < -0.3 is 19.5 Å². The maximum Gasteiger partial charge on any atom is 0.286 e. The molecule has 0 fully saturated rings.